The van der Waals surface area contributed by atoms with Crippen LogP contribution in [0, 0.1) is 0 Å². The molecule has 2 aromatic carbocycles. The minimum atomic E-state index is -0.159. The van der Waals surface area contributed by atoms with E-state index >= 15 is 0 Å². The number of aromatic nitrogens is 1. The molecule has 178 valence electrons. The number of pyridine rings is 1. The molecule has 1 atom stereocenters. The van der Waals surface area contributed by atoms with E-state index in [4.69, 9.17) is 31.2 Å². The Labute approximate surface area is 202 Å². The highest BCUT2D eigenvalue weighted by atomic mass is 32.1. The maximum Gasteiger partial charge on any atom is 0.253 e. The van der Waals surface area contributed by atoms with Gasteiger partial charge in [0.25, 0.3) is 5.56 Å². The summed E-state index contributed by atoms with van der Waals surface area (Å²) in [6, 6.07) is 13.4. The predicted molar refractivity (Wildman–Crippen MR) is 133 cm³/mol. The molecular weight excluding hydrogens is 454 g/mol. The summed E-state index contributed by atoms with van der Waals surface area (Å²) in [6.07, 6.45) is 2.25. The zero-order chi connectivity index (χ0) is 23.5. The monoisotopic (exact) mass is 481 g/mol. The molecule has 9 heteroatoms. The lowest BCUT2D eigenvalue weighted by atomic mass is 10.1. The van der Waals surface area contributed by atoms with Gasteiger partial charge < -0.3 is 34.1 Å². The second-order valence-corrected chi connectivity index (χ2v) is 8.83. The summed E-state index contributed by atoms with van der Waals surface area (Å²) in [6.45, 7) is 2.52. The summed E-state index contributed by atoms with van der Waals surface area (Å²) >= 11 is 5.75. The summed E-state index contributed by atoms with van der Waals surface area (Å²) in [4.78, 5) is 17.9. The first-order valence-electron chi connectivity index (χ1n) is 11.3. The van der Waals surface area contributed by atoms with Crippen molar-refractivity contribution in [2.24, 2.45) is 0 Å². The average Bonchev–Trinajstić information content (AvgIpc) is 3.53. The number of hydrogen-bond donors (Lipinski definition) is 2. The van der Waals surface area contributed by atoms with Crippen molar-refractivity contribution < 1.29 is 18.9 Å². The molecule has 0 spiro atoms. The molecule has 1 aromatic heterocycles. The molecular formula is C25H27N3O5S. The maximum atomic E-state index is 12.9. The lowest BCUT2D eigenvalue weighted by Crippen LogP contribution is -2.42. The Hall–Kier alpha value is -3.30. The molecule has 3 aromatic rings. The normalized spacial score (nSPS) is 16.6. The number of fused-ring (bicyclic) bond motifs is 2. The van der Waals surface area contributed by atoms with Gasteiger partial charge in [0, 0.05) is 36.7 Å². The van der Waals surface area contributed by atoms with Crippen LogP contribution in [0.1, 0.15) is 24.0 Å². The quantitative estimate of drug-likeness (QED) is 0.497. The molecule has 2 aliphatic rings. The third-order valence-electron chi connectivity index (χ3n) is 6.10. The molecule has 34 heavy (non-hydrogen) atoms. The zero-order valence-electron chi connectivity index (χ0n) is 19.0. The van der Waals surface area contributed by atoms with Gasteiger partial charge in [-0.2, -0.15) is 0 Å². The molecule has 8 nitrogen and oxygen atoms in total. The molecule has 3 heterocycles. The van der Waals surface area contributed by atoms with Crippen molar-refractivity contribution in [1.82, 2.24) is 15.2 Å². The number of nitrogens with zero attached hydrogens (tertiary/aromatic N) is 1. The fourth-order valence-corrected chi connectivity index (χ4v) is 4.45. The highest BCUT2D eigenvalue weighted by Crippen LogP contribution is 2.35. The van der Waals surface area contributed by atoms with Crippen LogP contribution < -0.4 is 25.1 Å². The van der Waals surface area contributed by atoms with Gasteiger partial charge in [-0.3, -0.25) is 4.79 Å². The molecule has 0 bridgehead atoms. The van der Waals surface area contributed by atoms with E-state index in [0.29, 0.717) is 47.3 Å². The van der Waals surface area contributed by atoms with Crippen LogP contribution in [0.25, 0.3) is 10.9 Å². The smallest absolute Gasteiger partial charge is 0.253 e. The Morgan fingerprint density at radius 2 is 1.97 bits per heavy atom. The zero-order valence-corrected chi connectivity index (χ0v) is 19.8. The van der Waals surface area contributed by atoms with E-state index in [-0.39, 0.29) is 18.5 Å². The first kappa shape index (κ1) is 22.5. The minimum absolute atomic E-state index is 0.159. The standard InChI is InChI=1S/C25H27N3O5S/c1-30-19-6-4-16(5-7-19)13-28(25(34)26-12-20-3-2-8-31-20)14-18-9-17-10-22-23(33-15-32-22)11-21(17)27-24(18)29/h4-7,9-11,20H,2-3,8,12-15H2,1H3,(H,26,34)(H,27,29). The van der Waals surface area contributed by atoms with E-state index in [1.807, 2.05) is 41.3 Å². The van der Waals surface area contributed by atoms with Crippen molar-refractivity contribution >= 4 is 28.2 Å². The van der Waals surface area contributed by atoms with Crippen LogP contribution >= 0.6 is 12.2 Å². The van der Waals surface area contributed by atoms with E-state index in [0.717, 1.165) is 36.1 Å². The molecule has 1 saturated heterocycles. The predicted octanol–water partition coefficient (Wildman–Crippen LogP) is 3.32. The number of thiocarbonyl (C=S) groups is 1. The van der Waals surface area contributed by atoms with E-state index < -0.39 is 0 Å². The van der Waals surface area contributed by atoms with E-state index in [2.05, 4.69) is 10.3 Å². The van der Waals surface area contributed by atoms with Crippen LogP contribution in [0.15, 0.2) is 47.3 Å². The first-order chi connectivity index (χ1) is 16.6. The maximum absolute atomic E-state index is 12.9. The van der Waals surface area contributed by atoms with Crippen molar-refractivity contribution in [3.05, 3.63) is 63.9 Å². The Kier molecular flexibility index (Phi) is 6.55. The van der Waals surface area contributed by atoms with Gasteiger partial charge in [0.1, 0.15) is 5.75 Å². The van der Waals surface area contributed by atoms with Gasteiger partial charge in [0.15, 0.2) is 16.6 Å². The molecule has 0 aliphatic carbocycles. The molecule has 1 unspecified atom stereocenters. The minimum Gasteiger partial charge on any atom is -0.497 e. The van der Waals surface area contributed by atoms with Crippen LogP contribution in [0.5, 0.6) is 17.2 Å². The van der Waals surface area contributed by atoms with E-state index in [9.17, 15) is 4.79 Å². The van der Waals surface area contributed by atoms with Crippen molar-refractivity contribution in [1.29, 1.82) is 0 Å². The Morgan fingerprint density at radius 3 is 2.71 bits per heavy atom. The lowest BCUT2D eigenvalue weighted by Gasteiger charge is -2.27. The van der Waals surface area contributed by atoms with Gasteiger partial charge in [-0.1, -0.05) is 12.1 Å². The van der Waals surface area contributed by atoms with Gasteiger partial charge in [-0.15, -0.1) is 0 Å². The molecule has 1 fully saturated rings. The van der Waals surface area contributed by atoms with Crippen molar-refractivity contribution in [2.45, 2.75) is 32.0 Å². The van der Waals surface area contributed by atoms with Crippen LogP contribution in [-0.4, -0.2) is 48.2 Å². The van der Waals surface area contributed by atoms with Crippen molar-refractivity contribution in [3.63, 3.8) is 0 Å². The number of H-pyrrole nitrogens is 1. The topological polar surface area (TPSA) is 85.1 Å². The summed E-state index contributed by atoms with van der Waals surface area (Å²) in [7, 11) is 1.64. The molecule has 5 rings (SSSR count). The summed E-state index contributed by atoms with van der Waals surface area (Å²) in [5, 5.41) is 4.79. The summed E-state index contributed by atoms with van der Waals surface area (Å²) in [5.41, 5.74) is 2.22. The molecule has 2 N–H and O–H groups in total. The van der Waals surface area contributed by atoms with E-state index in [1.54, 1.807) is 13.2 Å². The number of nitrogens with one attached hydrogen (secondary N) is 2. The van der Waals surface area contributed by atoms with Gasteiger partial charge in [0.05, 0.1) is 25.3 Å². The fourth-order valence-electron chi connectivity index (χ4n) is 4.23. The number of hydrogen-bond acceptors (Lipinski definition) is 6. The highest BCUT2D eigenvalue weighted by molar-refractivity contribution is 7.80. The largest absolute Gasteiger partial charge is 0.497 e. The van der Waals surface area contributed by atoms with Crippen LogP contribution in [0.2, 0.25) is 0 Å². The average molecular weight is 482 g/mol. The van der Waals surface area contributed by atoms with Crippen LogP contribution in [0.4, 0.5) is 0 Å². The Balaban J connectivity index is 1.39. The van der Waals surface area contributed by atoms with Crippen molar-refractivity contribution in [2.75, 3.05) is 27.1 Å². The van der Waals surface area contributed by atoms with Gasteiger partial charge in [0.2, 0.25) is 6.79 Å². The molecule has 0 radical (unpaired) electrons. The first-order valence-corrected chi connectivity index (χ1v) is 11.7. The Morgan fingerprint density at radius 1 is 1.18 bits per heavy atom. The number of benzene rings is 2. The SMILES string of the molecule is COc1ccc(CN(Cc2cc3cc4c(cc3[nH]c2=O)OCO4)C(=S)NCC2CCCO2)cc1. The molecule has 2 aliphatic heterocycles. The number of rotatable bonds is 7. The second kappa shape index (κ2) is 9.90. The number of aromatic amines is 1. The summed E-state index contributed by atoms with van der Waals surface area (Å²) in [5.74, 6) is 2.10. The van der Waals surface area contributed by atoms with E-state index in [1.165, 1.54) is 0 Å². The second-order valence-electron chi connectivity index (χ2n) is 8.44. The number of methoxy groups -OCH3 is 1. The van der Waals surface area contributed by atoms with Crippen LogP contribution in [0.3, 0.4) is 0 Å². The third kappa shape index (κ3) is 4.95. The third-order valence-corrected chi connectivity index (χ3v) is 6.50. The Bertz CT molecular complexity index is 1240. The van der Waals surface area contributed by atoms with Gasteiger partial charge >= 0.3 is 0 Å². The highest BCUT2D eigenvalue weighted by Gasteiger charge is 2.20. The van der Waals surface area contributed by atoms with Crippen molar-refractivity contribution in [3.8, 4) is 17.2 Å². The molecule has 0 saturated carbocycles. The van der Waals surface area contributed by atoms with Gasteiger partial charge in [-0.25, -0.2) is 0 Å². The summed E-state index contributed by atoms with van der Waals surface area (Å²) < 4.78 is 21.9. The van der Waals surface area contributed by atoms with Gasteiger partial charge in [-0.05, 0) is 54.9 Å². The van der Waals surface area contributed by atoms with Crippen LogP contribution in [-0.2, 0) is 17.8 Å². The fraction of sp³-hybridized carbons (Fsp3) is 0.360. The lowest BCUT2D eigenvalue weighted by molar-refractivity contribution is 0.113. The number of ether oxygens (including phenoxy) is 4. The molecule has 0 amide bonds.